The van der Waals surface area contributed by atoms with Crippen molar-refractivity contribution < 1.29 is 9.53 Å². The summed E-state index contributed by atoms with van der Waals surface area (Å²) in [5, 5.41) is 0. The van der Waals surface area contributed by atoms with Crippen molar-refractivity contribution in [3.05, 3.63) is 12.0 Å². The molecule has 0 amide bonds. The Bertz CT molecular complexity index is 173. The standard InChI is InChI=1S/C6H10N2O2/c1-8-5(4-9)3-6(7)10-2/h3-4H,7H2,1-2H3/b6-3+,8-5?. The molecule has 56 valence electrons. The highest BCUT2D eigenvalue weighted by Gasteiger charge is 1.91. The molecule has 4 heteroatoms. The first-order valence-corrected chi connectivity index (χ1v) is 2.67. The maximum Gasteiger partial charge on any atom is 0.185 e. The average molecular weight is 142 g/mol. The molecule has 0 aromatic rings. The number of methoxy groups -OCH3 is 1. The molecule has 0 aliphatic carbocycles. The molecule has 4 nitrogen and oxygen atoms in total. The van der Waals surface area contributed by atoms with Crippen LogP contribution < -0.4 is 5.73 Å². The molecule has 10 heavy (non-hydrogen) atoms. The largest absolute Gasteiger partial charge is 0.483 e. The van der Waals surface area contributed by atoms with Crippen molar-refractivity contribution in [3.63, 3.8) is 0 Å². The van der Waals surface area contributed by atoms with Crippen molar-refractivity contribution in [3.8, 4) is 0 Å². The second-order valence-corrected chi connectivity index (χ2v) is 1.52. The summed E-state index contributed by atoms with van der Waals surface area (Å²) in [5.41, 5.74) is 5.49. The zero-order valence-electron chi connectivity index (χ0n) is 6.00. The van der Waals surface area contributed by atoms with Gasteiger partial charge in [-0.15, -0.1) is 0 Å². The van der Waals surface area contributed by atoms with E-state index < -0.39 is 0 Å². The summed E-state index contributed by atoms with van der Waals surface area (Å²) in [5.74, 6) is 0.174. The molecule has 0 unspecified atom stereocenters. The van der Waals surface area contributed by atoms with Crippen LogP contribution in [0.4, 0.5) is 0 Å². The van der Waals surface area contributed by atoms with Crippen LogP contribution in [0.25, 0.3) is 0 Å². The summed E-state index contributed by atoms with van der Waals surface area (Å²) in [6.07, 6.45) is 1.96. The van der Waals surface area contributed by atoms with E-state index >= 15 is 0 Å². The van der Waals surface area contributed by atoms with E-state index in [4.69, 9.17) is 5.73 Å². The fraction of sp³-hybridized carbons (Fsp3) is 0.333. The molecule has 0 aromatic heterocycles. The topological polar surface area (TPSA) is 64.7 Å². The summed E-state index contributed by atoms with van der Waals surface area (Å²) < 4.78 is 4.58. The SMILES string of the molecule is CN=C(C=O)/C=C(\N)OC. The number of hydrogen-bond acceptors (Lipinski definition) is 4. The van der Waals surface area contributed by atoms with E-state index in [1.807, 2.05) is 0 Å². The minimum atomic E-state index is 0.174. The van der Waals surface area contributed by atoms with Crippen LogP contribution in [0.3, 0.4) is 0 Å². The lowest BCUT2D eigenvalue weighted by Crippen LogP contribution is -2.04. The smallest absolute Gasteiger partial charge is 0.185 e. The van der Waals surface area contributed by atoms with Gasteiger partial charge in [0.05, 0.1) is 7.11 Å². The summed E-state index contributed by atoms with van der Waals surface area (Å²) in [6.45, 7) is 0. The maximum absolute atomic E-state index is 10.1. The molecule has 0 saturated heterocycles. The third-order valence-electron chi connectivity index (χ3n) is 0.905. The predicted octanol–water partition coefficient (Wildman–Crippen LogP) is -0.297. The molecular weight excluding hydrogens is 132 g/mol. The van der Waals surface area contributed by atoms with Crippen molar-refractivity contribution in [1.82, 2.24) is 0 Å². The highest BCUT2D eigenvalue weighted by atomic mass is 16.5. The third kappa shape index (κ3) is 2.86. The summed E-state index contributed by atoms with van der Waals surface area (Å²) >= 11 is 0. The van der Waals surface area contributed by atoms with E-state index in [1.54, 1.807) is 0 Å². The Labute approximate surface area is 59.4 Å². The number of nitrogens with two attached hydrogens (primary N) is 1. The number of carbonyl (C=O) groups excluding carboxylic acids is 1. The highest BCUT2D eigenvalue weighted by Crippen LogP contribution is 1.84. The minimum Gasteiger partial charge on any atom is -0.483 e. The number of rotatable bonds is 3. The Morgan fingerprint density at radius 3 is 2.60 bits per heavy atom. The van der Waals surface area contributed by atoms with Gasteiger partial charge in [-0.3, -0.25) is 9.79 Å². The van der Waals surface area contributed by atoms with E-state index in [0.717, 1.165) is 0 Å². The van der Waals surface area contributed by atoms with Crippen molar-refractivity contribution in [1.29, 1.82) is 0 Å². The molecule has 0 bridgehead atoms. The monoisotopic (exact) mass is 142 g/mol. The van der Waals surface area contributed by atoms with Crippen molar-refractivity contribution in [2.24, 2.45) is 10.7 Å². The Kier molecular flexibility index (Phi) is 3.95. The third-order valence-corrected chi connectivity index (χ3v) is 0.905. The number of ether oxygens (including phenoxy) is 1. The molecule has 0 aliphatic rings. The van der Waals surface area contributed by atoms with Gasteiger partial charge >= 0.3 is 0 Å². The molecule has 0 aromatic carbocycles. The second-order valence-electron chi connectivity index (χ2n) is 1.52. The quantitative estimate of drug-likeness (QED) is 0.334. The first-order valence-electron chi connectivity index (χ1n) is 2.67. The lowest BCUT2D eigenvalue weighted by atomic mass is 10.4. The zero-order valence-corrected chi connectivity index (χ0v) is 6.00. The lowest BCUT2D eigenvalue weighted by Gasteiger charge is -1.95. The van der Waals surface area contributed by atoms with Crippen molar-refractivity contribution in [2.75, 3.05) is 14.2 Å². The van der Waals surface area contributed by atoms with Crippen LogP contribution in [0.5, 0.6) is 0 Å². The molecule has 0 spiro atoms. The first-order chi connectivity index (χ1) is 4.74. The van der Waals surface area contributed by atoms with Crippen LogP contribution in [0.1, 0.15) is 0 Å². The van der Waals surface area contributed by atoms with Gasteiger partial charge in [0.25, 0.3) is 0 Å². The van der Waals surface area contributed by atoms with Crippen molar-refractivity contribution >= 4 is 12.0 Å². The van der Waals surface area contributed by atoms with Gasteiger partial charge in [-0.25, -0.2) is 0 Å². The number of aldehydes is 1. The van der Waals surface area contributed by atoms with Crippen LogP contribution in [0.15, 0.2) is 17.0 Å². The van der Waals surface area contributed by atoms with Crippen LogP contribution in [0, 0.1) is 0 Å². The Hall–Kier alpha value is -1.32. The van der Waals surface area contributed by atoms with E-state index in [2.05, 4.69) is 9.73 Å². The molecule has 0 radical (unpaired) electrons. The number of allylic oxidation sites excluding steroid dienone is 1. The Morgan fingerprint density at radius 2 is 2.30 bits per heavy atom. The fourth-order valence-corrected chi connectivity index (χ4v) is 0.356. The summed E-state index contributed by atoms with van der Waals surface area (Å²) in [7, 11) is 2.92. The zero-order chi connectivity index (χ0) is 7.98. The number of nitrogens with zero attached hydrogens (tertiary/aromatic N) is 1. The molecule has 0 aliphatic heterocycles. The van der Waals surface area contributed by atoms with E-state index in [-0.39, 0.29) is 11.6 Å². The van der Waals surface area contributed by atoms with Gasteiger partial charge in [0.1, 0.15) is 5.71 Å². The van der Waals surface area contributed by atoms with E-state index in [9.17, 15) is 4.79 Å². The first kappa shape index (κ1) is 8.68. The molecule has 0 saturated carbocycles. The predicted molar refractivity (Wildman–Crippen MR) is 38.7 cm³/mol. The molecule has 2 N–H and O–H groups in total. The van der Waals surface area contributed by atoms with Crippen molar-refractivity contribution in [2.45, 2.75) is 0 Å². The molecule has 0 heterocycles. The number of aliphatic imine (C=N–C) groups is 1. The molecule has 0 atom stereocenters. The molecule has 0 rings (SSSR count). The van der Waals surface area contributed by atoms with E-state index in [1.165, 1.54) is 20.2 Å². The lowest BCUT2D eigenvalue weighted by molar-refractivity contribution is -0.102. The van der Waals surface area contributed by atoms with Gasteiger partial charge in [0, 0.05) is 13.1 Å². The van der Waals surface area contributed by atoms with Gasteiger partial charge in [-0.1, -0.05) is 0 Å². The maximum atomic E-state index is 10.1. The van der Waals surface area contributed by atoms with Crippen LogP contribution in [-0.2, 0) is 9.53 Å². The van der Waals surface area contributed by atoms with Crippen LogP contribution >= 0.6 is 0 Å². The summed E-state index contributed by atoms with van der Waals surface area (Å²) in [4.78, 5) is 13.7. The van der Waals surface area contributed by atoms with Gasteiger partial charge in [-0.05, 0) is 0 Å². The highest BCUT2D eigenvalue weighted by molar-refractivity contribution is 6.33. The van der Waals surface area contributed by atoms with Gasteiger partial charge in [0.2, 0.25) is 0 Å². The number of carbonyl (C=O) groups is 1. The Balaban J connectivity index is 4.22. The molecular formula is C6H10N2O2. The van der Waals surface area contributed by atoms with Gasteiger partial charge in [-0.2, -0.15) is 0 Å². The van der Waals surface area contributed by atoms with Gasteiger partial charge < -0.3 is 10.5 Å². The fourth-order valence-electron chi connectivity index (χ4n) is 0.356. The average Bonchev–Trinajstić information content (AvgIpc) is 1.99. The number of hydrogen-bond donors (Lipinski definition) is 1. The minimum absolute atomic E-state index is 0.174. The van der Waals surface area contributed by atoms with E-state index in [0.29, 0.717) is 6.29 Å². The molecule has 0 fully saturated rings. The normalized spacial score (nSPS) is 13.0. The van der Waals surface area contributed by atoms with Gasteiger partial charge in [0.15, 0.2) is 12.2 Å². The van der Waals surface area contributed by atoms with Crippen LogP contribution in [-0.4, -0.2) is 26.2 Å². The summed E-state index contributed by atoms with van der Waals surface area (Å²) in [6, 6.07) is 0. The Morgan fingerprint density at radius 1 is 1.70 bits per heavy atom. The second kappa shape index (κ2) is 4.55. The van der Waals surface area contributed by atoms with Crippen LogP contribution in [0.2, 0.25) is 0 Å².